The molecule has 0 unspecified atom stereocenters. The van der Waals surface area contributed by atoms with Crippen LogP contribution >= 0.6 is 0 Å². The lowest BCUT2D eigenvalue weighted by molar-refractivity contribution is 0.798. The Morgan fingerprint density at radius 3 is 2.71 bits per heavy atom. The van der Waals surface area contributed by atoms with E-state index in [4.69, 9.17) is 0 Å². The number of hydrogen-bond donors (Lipinski definition) is 0. The van der Waals surface area contributed by atoms with E-state index in [1.165, 1.54) is 36.0 Å². The number of benzene rings is 1. The molecule has 0 spiro atoms. The Balaban J connectivity index is 2.20. The minimum Gasteiger partial charge on any atom is -0.0804 e. The minimum absolute atomic E-state index is 1.04. The van der Waals surface area contributed by atoms with E-state index in [0.29, 0.717) is 0 Å². The quantitative estimate of drug-likeness (QED) is 0.663. The zero-order chi connectivity index (χ0) is 11.9. The van der Waals surface area contributed by atoms with Crippen molar-refractivity contribution in [2.45, 2.75) is 32.6 Å². The summed E-state index contributed by atoms with van der Waals surface area (Å²) >= 11 is 0. The summed E-state index contributed by atoms with van der Waals surface area (Å²) in [7, 11) is 0. The van der Waals surface area contributed by atoms with E-state index in [-0.39, 0.29) is 0 Å². The fourth-order valence-corrected chi connectivity index (χ4v) is 2.09. The fourth-order valence-electron chi connectivity index (χ4n) is 2.09. The molecule has 0 saturated carbocycles. The van der Waals surface area contributed by atoms with Crippen LogP contribution in [0.2, 0.25) is 0 Å². The second-order valence-electron chi connectivity index (χ2n) is 4.49. The van der Waals surface area contributed by atoms with Gasteiger partial charge in [0.2, 0.25) is 0 Å². The first-order valence-corrected chi connectivity index (χ1v) is 6.53. The van der Waals surface area contributed by atoms with Crippen molar-refractivity contribution in [1.82, 2.24) is 0 Å². The van der Waals surface area contributed by atoms with Crippen molar-refractivity contribution in [3.8, 4) is 0 Å². The monoisotopic (exact) mass is 224 g/mol. The Morgan fingerprint density at radius 1 is 1.12 bits per heavy atom. The third-order valence-electron chi connectivity index (χ3n) is 3.07. The maximum atomic E-state index is 2.34. The van der Waals surface area contributed by atoms with E-state index >= 15 is 0 Å². The van der Waals surface area contributed by atoms with Gasteiger partial charge in [-0.2, -0.15) is 0 Å². The van der Waals surface area contributed by atoms with Crippen molar-refractivity contribution in [3.63, 3.8) is 0 Å². The van der Waals surface area contributed by atoms with E-state index in [1.54, 1.807) is 0 Å². The molecule has 1 aromatic rings. The topological polar surface area (TPSA) is 0 Å². The predicted octanol–water partition coefficient (Wildman–Crippen LogP) is 5.15. The van der Waals surface area contributed by atoms with Crippen molar-refractivity contribution < 1.29 is 0 Å². The molecule has 0 heteroatoms. The largest absolute Gasteiger partial charge is 0.0804 e. The first kappa shape index (κ1) is 11.9. The highest BCUT2D eigenvalue weighted by molar-refractivity contribution is 5.75. The van der Waals surface area contributed by atoms with Gasteiger partial charge in [-0.15, -0.1) is 0 Å². The summed E-state index contributed by atoms with van der Waals surface area (Å²) in [5.41, 5.74) is 4.14. The maximum Gasteiger partial charge on any atom is -0.0157 e. The molecule has 0 fully saturated rings. The van der Waals surface area contributed by atoms with Crippen LogP contribution in [0.1, 0.15) is 38.2 Å². The van der Waals surface area contributed by atoms with E-state index in [9.17, 15) is 0 Å². The van der Waals surface area contributed by atoms with Crippen molar-refractivity contribution in [2.24, 2.45) is 0 Å². The highest BCUT2D eigenvalue weighted by atomic mass is 14.1. The fraction of sp³-hybridized carbons (Fsp3) is 0.294. The van der Waals surface area contributed by atoms with Crippen LogP contribution in [0.25, 0.3) is 5.57 Å². The Kier molecular flexibility index (Phi) is 4.37. The molecule has 0 bridgehead atoms. The normalized spacial score (nSPS) is 15.1. The molecule has 17 heavy (non-hydrogen) atoms. The molecule has 0 heterocycles. The maximum absolute atomic E-state index is 2.34. The third kappa shape index (κ3) is 3.45. The molecule has 0 saturated heterocycles. The highest BCUT2D eigenvalue weighted by Gasteiger charge is 2.02. The molecule has 0 N–H and O–H groups in total. The molecule has 1 aliphatic rings. The van der Waals surface area contributed by atoms with E-state index in [0.717, 1.165) is 6.42 Å². The summed E-state index contributed by atoms with van der Waals surface area (Å²) in [5.74, 6) is 0. The second-order valence-corrected chi connectivity index (χ2v) is 4.49. The van der Waals surface area contributed by atoms with Gasteiger partial charge in [0.25, 0.3) is 0 Å². The summed E-state index contributed by atoms with van der Waals surface area (Å²) in [6.07, 6.45) is 14.0. The molecule has 2 rings (SSSR count). The van der Waals surface area contributed by atoms with E-state index in [2.05, 4.69) is 61.6 Å². The van der Waals surface area contributed by atoms with Gasteiger partial charge in [0.05, 0.1) is 0 Å². The smallest absolute Gasteiger partial charge is 0.0157 e. The minimum atomic E-state index is 1.04. The summed E-state index contributed by atoms with van der Waals surface area (Å²) in [4.78, 5) is 0. The molecule has 0 aromatic heterocycles. The standard InChI is InChI=1S/C17H20/c1-2-3-9-15-10-7-8-13-17(14-15)16-11-5-4-6-12-16/h4-7,10-14H,2-3,8-9H2,1H3. The van der Waals surface area contributed by atoms with Gasteiger partial charge >= 0.3 is 0 Å². The van der Waals surface area contributed by atoms with Gasteiger partial charge < -0.3 is 0 Å². The van der Waals surface area contributed by atoms with Gasteiger partial charge in [-0.05, 0) is 36.0 Å². The second kappa shape index (κ2) is 6.24. The Hall–Kier alpha value is -1.56. The molecule has 0 nitrogen and oxygen atoms in total. The van der Waals surface area contributed by atoms with Crippen LogP contribution in [0.15, 0.2) is 60.2 Å². The highest BCUT2D eigenvalue weighted by Crippen LogP contribution is 2.23. The molecule has 0 amide bonds. The number of allylic oxidation sites excluding steroid dienone is 6. The first-order chi connectivity index (χ1) is 8.40. The first-order valence-electron chi connectivity index (χ1n) is 6.53. The van der Waals surface area contributed by atoms with Gasteiger partial charge in [-0.1, -0.05) is 68.0 Å². The zero-order valence-electron chi connectivity index (χ0n) is 10.5. The molecule has 1 aromatic carbocycles. The Bertz CT molecular complexity index is 432. The average Bonchev–Trinajstić information content (AvgIpc) is 2.63. The number of unbranched alkanes of at least 4 members (excludes halogenated alkanes) is 1. The van der Waals surface area contributed by atoms with Crippen LogP contribution in [-0.2, 0) is 0 Å². The van der Waals surface area contributed by atoms with Crippen LogP contribution in [0.3, 0.4) is 0 Å². The molecular weight excluding hydrogens is 204 g/mol. The zero-order valence-corrected chi connectivity index (χ0v) is 10.5. The van der Waals surface area contributed by atoms with E-state index in [1.807, 2.05) is 0 Å². The van der Waals surface area contributed by atoms with E-state index < -0.39 is 0 Å². The van der Waals surface area contributed by atoms with Crippen LogP contribution in [0, 0.1) is 0 Å². The van der Waals surface area contributed by atoms with Crippen molar-refractivity contribution in [2.75, 3.05) is 0 Å². The third-order valence-corrected chi connectivity index (χ3v) is 3.07. The Labute approximate surface area is 104 Å². The lowest BCUT2D eigenvalue weighted by Gasteiger charge is -2.04. The van der Waals surface area contributed by atoms with Crippen molar-refractivity contribution >= 4 is 5.57 Å². The summed E-state index contributed by atoms with van der Waals surface area (Å²) < 4.78 is 0. The van der Waals surface area contributed by atoms with Gasteiger partial charge in [-0.3, -0.25) is 0 Å². The van der Waals surface area contributed by atoms with Gasteiger partial charge in [-0.25, -0.2) is 0 Å². The summed E-state index contributed by atoms with van der Waals surface area (Å²) in [6, 6.07) is 10.7. The molecular formula is C17H20. The molecule has 0 aliphatic heterocycles. The number of rotatable bonds is 4. The van der Waals surface area contributed by atoms with Crippen LogP contribution in [0.4, 0.5) is 0 Å². The van der Waals surface area contributed by atoms with Crippen LogP contribution in [0.5, 0.6) is 0 Å². The molecule has 1 aliphatic carbocycles. The molecule has 0 radical (unpaired) electrons. The Morgan fingerprint density at radius 2 is 1.94 bits per heavy atom. The lowest BCUT2D eigenvalue weighted by Crippen LogP contribution is -1.83. The summed E-state index contributed by atoms with van der Waals surface area (Å²) in [6.45, 7) is 2.24. The van der Waals surface area contributed by atoms with Crippen LogP contribution < -0.4 is 0 Å². The van der Waals surface area contributed by atoms with Gasteiger partial charge in [0.1, 0.15) is 0 Å². The summed E-state index contributed by atoms with van der Waals surface area (Å²) in [5, 5.41) is 0. The van der Waals surface area contributed by atoms with Gasteiger partial charge in [0.15, 0.2) is 0 Å². The predicted molar refractivity (Wildman–Crippen MR) is 75.8 cm³/mol. The van der Waals surface area contributed by atoms with Crippen molar-refractivity contribution in [3.05, 3.63) is 65.8 Å². The lowest BCUT2D eigenvalue weighted by atomic mass is 10.0. The average molecular weight is 224 g/mol. The molecule has 88 valence electrons. The number of hydrogen-bond acceptors (Lipinski definition) is 0. The van der Waals surface area contributed by atoms with Crippen LogP contribution in [-0.4, -0.2) is 0 Å². The van der Waals surface area contributed by atoms with Crippen molar-refractivity contribution in [1.29, 1.82) is 0 Å². The molecule has 0 atom stereocenters. The SMILES string of the molecule is CCCCC1=CC(c2ccccc2)=CCC=C1. The van der Waals surface area contributed by atoms with Gasteiger partial charge in [0, 0.05) is 0 Å².